The van der Waals surface area contributed by atoms with Gasteiger partial charge in [-0.15, -0.1) is 0 Å². The molecule has 43 heavy (non-hydrogen) atoms. The number of hydrogen-bond acceptors (Lipinski definition) is 2. The van der Waals surface area contributed by atoms with Gasteiger partial charge in [0.1, 0.15) is 6.15 Å². The molecule has 0 heterocycles. The molecule has 0 saturated carbocycles. The van der Waals surface area contributed by atoms with Crippen LogP contribution in [0.25, 0.3) is 0 Å². The molecule has 4 rings (SSSR count). The summed E-state index contributed by atoms with van der Waals surface area (Å²) in [5, 5.41) is 0. The van der Waals surface area contributed by atoms with Crippen molar-refractivity contribution in [1.29, 1.82) is 0 Å². The monoisotopic (exact) mass is 604 g/mol. The lowest BCUT2D eigenvalue weighted by molar-refractivity contribution is -0.142. The summed E-state index contributed by atoms with van der Waals surface area (Å²) in [7, 11) is 0. The summed E-state index contributed by atoms with van der Waals surface area (Å²) < 4.78 is 92.3. The Morgan fingerprint density at radius 1 is 0.465 bits per heavy atom. The predicted octanol–water partition coefficient (Wildman–Crippen LogP) is 7.30. The molecule has 4 aromatic carbocycles. The number of halogens is 6. The van der Waals surface area contributed by atoms with Crippen molar-refractivity contribution in [2.24, 2.45) is 0 Å². The summed E-state index contributed by atoms with van der Waals surface area (Å²) >= 11 is 0. The Bertz CT molecular complexity index is 1200. The van der Waals surface area contributed by atoms with Crippen molar-refractivity contribution in [3.63, 3.8) is 0 Å². The van der Waals surface area contributed by atoms with Crippen LogP contribution in [0.2, 0.25) is 0 Å². The van der Waals surface area contributed by atoms with E-state index in [1.165, 1.54) is 0 Å². The summed E-state index contributed by atoms with van der Waals surface area (Å²) in [5.74, 6) is 0. The molecule has 0 aliphatic carbocycles. The van der Waals surface area contributed by atoms with Crippen LogP contribution in [0, 0.1) is 0 Å². The highest BCUT2D eigenvalue weighted by molar-refractivity contribution is 7.19. The summed E-state index contributed by atoms with van der Waals surface area (Å²) in [6, 6.07) is 28.0. The fourth-order valence-electron chi connectivity index (χ4n) is 5.02. The third-order valence-electron chi connectivity index (χ3n) is 6.83. The first-order valence-electron chi connectivity index (χ1n) is 14.2. The third-order valence-corrected chi connectivity index (χ3v) is 6.83. The summed E-state index contributed by atoms with van der Waals surface area (Å²) in [5.41, 5.74) is -0.879. The molecule has 0 atom stereocenters. The minimum atomic E-state index is -4.94. The fourth-order valence-corrected chi connectivity index (χ4v) is 5.02. The molecule has 232 valence electrons. The van der Waals surface area contributed by atoms with Crippen molar-refractivity contribution < 1.29 is 37.2 Å². The topological polar surface area (TPSA) is 18.5 Å². The number of benzene rings is 4. The summed E-state index contributed by atoms with van der Waals surface area (Å²) in [6.45, 7) is 11.3. The second-order valence-electron chi connectivity index (χ2n) is 9.50. The van der Waals surface area contributed by atoms with E-state index in [9.17, 15) is 26.3 Å². The molecule has 0 N–H and O–H groups in total. The van der Waals surface area contributed by atoms with Crippen molar-refractivity contribution >= 4 is 28.0 Å². The van der Waals surface area contributed by atoms with Crippen molar-refractivity contribution in [1.82, 2.24) is 0 Å². The van der Waals surface area contributed by atoms with Gasteiger partial charge in [0.2, 0.25) is 0 Å². The maximum Gasteiger partial charge on any atom is 1.00 e. The van der Waals surface area contributed by atoms with Gasteiger partial charge in [0.25, 0.3) is 0 Å². The van der Waals surface area contributed by atoms with Crippen LogP contribution in [0.4, 0.5) is 26.3 Å². The Labute approximate surface area is 252 Å². The molecule has 4 aromatic rings. The lowest BCUT2D eigenvalue weighted by Gasteiger charge is -2.44. The van der Waals surface area contributed by atoms with E-state index in [1.54, 1.807) is 91.0 Å². The minimum Gasteiger partial charge on any atom is -0.382 e. The van der Waals surface area contributed by atoms with Crippen LogP contribution in [-0.4, -0.2) is 32.6 Å². The molecule has 9 heteroatoms. The molecule has 0 saturated heterocycles. The second kappa shape index (κ2) is 16.9. The molecule has 0 aromatic heterocycles. The molecule has 0 bridgehead atoms. The molecule has 0 radical (unpaired) electrons. The van der Waals surface area contributed by atoms with Crippen LogP contribution in [0.3, 0.4) is 0 Å². The van der Waals surface area contributed by atoms with Crippen LogP contribution in [0.15, 0.2) is 109 Å². The Hall–Kier alpha value is -3.56. The van der Waals surface area contributed by atoms with E-state index in [-0.39, 0.29) is 13.0 Å². The van der Waals surface area contributed by atoms with Gasteiger partial charge < -0.3 is 9.47 Å². The molecular weight excluding hydrogens is 565 g/mol. The average Bonchev–Trinajstić information content (AvgIpc) is 3.00. The largest absolute Gasteiger partial charge is 1.00 e. The van der Waals surface area contributed by atoms with E-state index in [2.05, 4.69) is 0 Å². The highest BCUT2D eigenvalue weighted by Crippen LogP contribution is 2.35. The van der Waals surface area contributed by atoms with Crippen LogP contribution >= 0.6 is 0 Å². The van der Waals surface area contributed by atoms with E-state index in [0.29, 0.717) is 16.4 Å². The minimum absolute atomic E-state index is 0. The molecular formula is C34H39BF6O2. The van der Waals surface area contributed by atoms with Gasteiger partial charge in [-0.3, -0.25) is 0 Å². The maximum atomic E-state index is 13.8. The van der Waals surface area contributed by atoms with Crippen molar-refractivity contribution in [2.45, 2.75) is 40.0 Å². The first-order chi connectivity index (χ1) is 20.5. The van der Waals surface area contributed by atoms with Gasteiger partial charge in [-0.1, -0.05) is 103 Å². The Kier molecular flexibility index (Phi) is 14.0. The van der Waals surface area contributed by atoms with E-state index in [4.69, 9.17) is 9.47 Å². The Morgan fingerprint density at radius 2 is 0.744 bits per heavy atom. The zero-order valence-electron chi connectivity index (χ0n) is 25.9. The van der Waals surface area contributed by atoms with Crippen LogP contribution in [0.5, 0.6) is 0 Å². The first-order valence-corrected chi connectivity index (χ1v) is 14.2. The zero-order chi connectivity index (χ0) is 31.9. The molecule has 0 aliphatic rings. The van der Waals surface area contributed by atoms with Crippen molar-refractivity contribution in [3.05, 3.63) is 120 Å². The zero-order valence-corrected chi connectivity index (χ0v) is 24.9. The summed E-state index contributed by atoms with van der Waals surface area (Å²) in [6.07, 6.45) is -12.2. The molecule has 0 fully saturated rings. The van der Waals surface area contributed by atoms with Gasteiger partial charge in [-0.25, -0.2) is 0 Å². The second-order valence-corrected chi connectivity index (χ2v) is 9.50. The smallest absolute Gasteiger partial charge is 0.382 e. The highest BCUT2D eigenvalue weighted by atomic mass is 19.4. The van der Waals surface area contributed by atoms with Gasteiger partial charge in [-0.05, 0) is 33.8 Å². The van der Waals surface area contributed by atoms with Crippen LogP contribution in [-0.2, 0) is 21.8 Å². The normalized spacial score (nSPS) is 11.6. The predicted molar refractivity (Wildman–Crippen MR) is 166 cm³/mol. The summed E-state index contributed by atoms with van der Waals surface area (Å²) in [4.78, 5) is 0. The average molecular weight is 604 g/mol. The Balaban J connectivity index is 0.000000765. The van der Waals surface area contributed by atoms with Gasteiger partial charge in [0.05, 0.1) is 11.1 Å². The number of hydrogen-bond donors (Lipinski definition) is 0. The molecule has 0 aliphatic heterocycles. The lowest BCUT2D eigenvalue weighted by atomic mass is 9.13. The Morgan fingerprint density at radius 3 is 0.953 bits per heavy atom. The fraction of sp³-hybridized carbons (Fsp3) is 0.294. The van der Waals surface area contributed by atoms with Gasteiger partial charge in [0.15, 0.2) is 0 Å². The molecule has 0 unspecified atom stereocenters. The molecule has 0 spiro atoms. The SMILES string of the molecule is CCOCC.CCOCC.FC(F)(F)c1cc([B-](c2ccccc2)(c2ccccc2)c2ccccc2)cc(C(F)(F)F)c1.[H+]. The van der Waals surface area contributed by atoms with Crippen LogP contribution in [0.1, 0.15) is 40.2 Å². The first kappa shape index (κ1) is 35.6. The van der Waals surface area contributed by atoms with E-state index in [0.717, 1.165) is 38.6 Å². The van der Waals surface area contributed by atoms with Crippen LogP contribution < -0.4 is 21.9 Å². The maximum absolute atomic E-state index is 13.8. The third kappa shape index (κ3) is 9.73. The van der Waals surface area contributed by atoms with E-state index >= 15 is 0 Å². The number of ether oxygens (including phenoxy) is 2. The number of rotatable bonds is 8. The highest BCUT2D eigenvalue weighted by Gasteiger charge is 2.40. The van der Waals surface area contributed by atoms with E-state index in [1.807, 2.05) is 27.7 Å². The van der Waals surface area contributed by atoms with Crippen molar-refractivity contribution in [2.75, 3.05) is 26.4 Å². The molecule has 2 nitrogen and oxygen atoms in total. The van der Waals surface area contributed by atoms with Crippen molar-refractivity contribution in [3.8, 4) is 0 Å². The molecule has 0 amide bonds. The lowest BCUT2D eigenvalue weighted by Crippen LogP contribution is -2.74. The van der Waals surface area contributed by atoms with E-state index < -0.39 is 29.6 Å². The van der Waals surface area contributed by atoms with Gasteiger partial charge in [0, 0.05) is 26.4 Å². The standard InChI is InChI=1S/C26H18BF6.2C4H10O/c28-25(29,30)19-16-20(26(31,32)33)18-24(17-19)27(21-10-4-1-5-11-21,22-12-6-2-7-13-22)23-14-8-3-9-15-23;2*1-3-5-4-2/h1-18H;2*3-4H2,1-2H3/q-1;;/p+1. The van der Waals surface area contributed by atoms with Gasteiger partial charge in [-0.2, -0.15) is 48.2 Å². The van der Waals surface area contributed by atoms with Gasteiger partial charge >= 0.3 is 13.8 Å². The quantitative estimate of drug-likeness (QED) is 0.155. The number of alkyl halides is 6.